The van der Waals surface area contributed by atoms with Crippen LogP contribution < -0.4 is 0 Å². The molecule has 1 unspecified atom stereocenters. The molecule has 7 atom stereocenters. The van der Waals surface area contributed by atoms with Gasteiger partial charge in [-0.05, 0) is 30.6 Å². The molecule has 0 aromatic heterocycles. The van der Waals surface area contributed by atoms with Crippen molar-refractivity contribution in [3.8, 4) is 0 Å². The summed E-state index contributed by atoms with van der Waals surface area (Å²) in [6.07, 6.45) is 4.15. The molecular formula is C15H24O3. The van der Waals surface area contributed by atoms with Crippen LogP contribution in [0.3, 0.4) is 0 Å². The molecule has 18 heavy (non-hydrogen) atoms. The van der Waals surface area contributed by atoms with Gasteiger partial charge in [-0.25, -0.2) is 0 Å². The van der Waals surface area contributed by atoms with Gasteiger partial charge in [0.1, 0.15) is 0 Å². The largest absolute Gasteiger partial charge is 0.389 e. The number of hydrogen-bond donors (Lipinski definition) is 2. The predicted octanol–water partition coefficient (Wildman–Crippen LogP) is 2.08. The molecule has 3 aliphatic rings. The first kappa shape index (κ1) is 12.6. The Morgan fingerprint density at radius 2 is 2.06 bits per heavy atom. The average molecular weight is 252 g/mol. The summed E-state index contributed by atoms with van der Waals surface area (Å²) in [5.41, 5.74) is 1.47. The van der Waals surface area contributed by atoms with Gasteiger partial charge in [-0.1, -0.05) is 32.4 Å². The first-order chi connectivity index (χ1) is 8.44. The van der Waals surface area contributed by atoms with E-state index in [9.17, 15) is 10.2 Å². The maximum absolute atomic E-state index is 9.98. The molecule has 0 spiro atoms. The second kappa shape index (κ2) is 4.06. The van der Waals surface area contributed by atoms with E-state index < -0.39 is 6.29 Å². The van der Waals surface area contributed by atoms with Gasteiger partial charge in [0.15, 0.2) is 6.29 Å². The van der Waals surface area contributed by atoms with Crippen LogP contribution in [0, 0.1) is 23.2 Å². The van der Waals surface area contributed by atoms with Crippen LogP contribution in [0.4, 0.5) is 0 Å². The zero-order valence-corrected chi connectivity index (χ0v) is 11.5. The molecule has 1 heterocycles. The summed E-state index contributed by atoms with van der Waals surface area (Å²) in [6, 6.07) is 0. The first-order valence-electron chi connectivity index (χ1n) is 7.17. The van der Waals surface area contributed by atoms with Crippen LogP contribution in [-0.4, -0.2) is 28.7 Å². The fraction of sp³-hybridized carbons (Fsp3) is 0.867. The lowest BCUT2D eigenvalue weighted by Crippen LogP contribution is -2.48. The molecule has 0 amide bonds. The van der Waals surface area contributed by atoms with Crippen molar-refractivity contribution in [1.29, 1.82) is 0 Å². The molecular weight excluding hydrogens is 228 g/mol. The van der Waals surface area contributed by atoms with Crippen molar-refractivity contribution in [2.45, 2.75) is 58.5 Å². The monoisotopic (exact) mass is 252 g/mol. The standard InChI is InChI=1S/C15H24O3/c1-8-6-11(16)7-10-4-5-12-13(15(8,10)3)9(2)14(17)18-12/h7-9,11-14,16-17H,4-6H2,1-3H3/t8-,9-,11+,12-,13?,14+,15+/m0/s1. The normalized spacial score (nSPS) is 55.7. The van der Waals surface area contributed by atoms with Gasteiger partial charge in [-0.2, -0.15) is 0 Å². The van der Waals surface area contributed by atoms with Gasteiger partial charge in [0.2, 0.25) is 0 Å². The van der Waals surface area contributed by atoms with Crippen LogP contribution in [-0.2, 0) is 4.74 Å². The van der Waals surface area contributed by atoms with E-state index in [-0.39, 0.29) is 23.5 Å². The summed E-state index contributed by atoms with van der Waals surface area (Å²) in [5.74, 6) is 1.01. The minimum absolute atomic E-state index is 0.0824. The van der Waals surface area contributed by atoms with Crippen molar-refractivity contribution < 1.29 is 14.9 Å². The van der Waals surface area contributed by atoms with Gasteiger partial charge in [0.05, 0.1) is 12.2 Å². The zero-order valence-electron chi connectivity index (χ0n) is 11.5. The number of allylic oxidation sites excluding steroid dienone is 1. The Balaban J connectivity index is 2.02. The number of hydrogen-bond acceptors (Lipinski definition) is 3. The molecule has 1 saturated carbocycles. The van der Waals surface area contributed by atoms with E-state index >= 15 is 0 Å². The van der Waals surface area contributed by atoms with Crippen LogP contribution in [0.25, 0.3) is 0 Å². The van der Waals surface area contributed by atoms with Crippen molar-refractivity contribution in [3.63, 3.8) is 0 Å². The Morgan fingerprint density at radius 1 is 1.33 bits per heavy atom. The Bertz CT molecular complexity index is 378. The van der Waals surface area contributed by atoms with E-state index in [1.165, 1.54) is 5.57 Å². The Kier molecular flexibility index (Phi) is 2.85. The quantitative estimate of drug-likeness (QED) is 0.649. The Hall–Kier alpha value is -0.380. The molecule has 0 radical (unpaired) electrons. The van der Waals surface area contributed by atoms with Crippen LogP contribution >= 0.6 is 0 Å². The molecule has 102 valence electrons. The highest BCUT2D eigenvalue weighted by molar-refractivity contribution is 5.26. The van der Waals surface area contributed by atoms with E-state index in [1.807, 2.05) is 0 Å². The fourth-order valence-electron chi connectivity index (χ4n) is 4.68. The zero-order chi connectivity index (χ0) is 13.1. The second-order valence-electron chi connectivity index (χ2n) is 6.67. The first-order valence-corrected chi connectivity index (χ1v) is 7.17. The summed E-state index contributed by atoms with van der Waals surface area (Å²) < 4.78 is 5.73. The SMILES string of the molecule is C[C@H]1C2[C@H](CCC3=C[C@H](O)C[C@H](C)[C@]32C)O[C@H]1O. The number of aliphatic hydroxyl groups is 2. The number of aliphatic hydroxyl groups excluding tert-OH is 2. The number of rotatable bonds is 0. The van der Waals surface area contributed by atoms with E-state index in [4.69, 9.17) is 4.74 Å². The lowest BCUT2D eigenvalue weighted by Gasteiger charge is -2.52. The van der Waals surface area contributed by atoms with Gasteiger partial charge in [-0.3, -0.25) is 0 Å². The molecule has 3 nitrogen and oxygen atoms in total. The third kappa shape index (κ3) is 1.54. The molecule has 1 aliphatic heterocycles. The van der Waals surface area contributed by atoms with Gasteiger partial charge in [0, 0.05) is 11.8 Å². The van der Waals surface area contributed by atoms with Gasteiger partial charge >= 0.3 is 0 Å². The summed E-state index contributed by atoms with van der Waals surface area (Å²) in [4.78, 5) is 0. The van der Waals surface area contributed by atoms with Crippen LogP contribution in [0.5, 0.6) is 0 Å². The van der Waals surface area contributed by atoms with Crippen LogP contribution in [0.2, 0.25) is 0 Å². The van der Waals surface area contributed by atoms with Gasteiger partial charge < -0.3 is 14.9 Å². The number of ether oxygens (including phenoxy) is 1. The van der Waals surface area contributed by atoms with Crippen molar-refractivity contribution >= 4 is 0 Å². The lowest BCUT2D eigenvalue weighted by atomic mass is 9.52. The Morgan fingerprint density at radius 3 is 2.78 bits per heavy atom. The van der Waals surface area contributed by atoms with Crippen molar-refractivity contribution in [2.24, 2.45) is 23.2 Å². The van der Waals surface area contributed by atoms with Crippen LogP contribution in [0.15, 0.2) is 11.6 Å². The highest BCUT2D eigenvalue weighted by Gasteiger charge is 2.57. The molecule has 2 fully saturated rings. The van der Waals surface area contributed by atoms with E-state index in [0.29, 0.717) is 11.8 Å². The Labute approximate surface area is 109 Å². The number of fused-ring (bicyclic) bond motifs is 3. The van der Waals surface area contributed by atoms with Crippen LogP contribution in [0.1, 0.15) is 40.0 Å². The smallest absolute Gasteiger partial charge is 0.157 e. The van der Waals surface area contributed by atoms with E-state index in [2.05, 4.69) is 26.8 Å². The topological polar surface area (TPSA) is 49.7 Å². The molecule has 0 aromatic carbocycles. The molecule has 3 heteroatoms. The highest BCUT2D eigenvalue weighted by Crippen LogP contribution is 2.59. The minimum atomic E-state index is -0.616. The van der Waals surface area contributed by atoms with E-state index in [0.717, 1.165) is 19.3 Å². The van der Waals surface area contributed by atoms with Crippen molar-refractivity contribution in [2.75, 3.05) is 0 Å². The molecule has 0 aromatic rings. The average Bonchev–Trinajstić information content (AvgIpc) is 2.58. The molecule has 0 bridgehead atoms. The third-order valence-electron chi connectivity index (χ3n) is 5.83. The minimum Gasteiger partial charge on any atom is -0.389 e. The lowest BCUT2D eigenvalue weighted by molar-refractivity contribution is -0.110. The summed E-state index contributed by atoms with van der Waals surface area (Å²) in [6.45, 7) is 6.64. The molecule has 2 aliphatic carbocycles. The van der Waals surface area contributed by atoms with Crippen molar-refractivity contribution in [1.82, 2.24) is 0 Å². The maximum Gasteiger partial charge on any atom is 0.157 e. The van der Waals surface area contributed by atoms with E-state index in [1.54, 1.807) is 0 Å². The molecule has 1 saturated heterocycles. The fourth-order valence-corrected chi connectivity index (χ4v) is 4.68. The molecule has 3 rings (SSSR count). The summed E-state index contributed by atoms with van der Waals surface area (Å²) in [5, 5.41) is 19.9. The third-order valence-corrected chi connectivity index (χ3v) is 5.83. The maximum atomic E-state index is 9.98. The predicted molar refractivity (Wildman–Crippen MR) is 68.7 cm³/mol. The summed E-state index contributed by atoms with van der Waals surface area (Å²) in [7, 11) is 0. The summed E-state index contributed by atoms with van der Waals surface area (Å²) >= 11 is 0. The van der Waals surface area contributed by atoms with Crippen molar-refractivity contribution in [3.05, 3.63) is 11.6 Å². The second-order valence-corrected chi connectivity index (χ2v) is 6.67. The van der Waals surface area contributed by atoms with Gasteiger partial charge in [0.25, 0.3) is 0 Å². The highest BCUT2D eigenvalue weighted by atomic mass is 16.6. The van der Waals surface area contributed by atoms with Gasteiger partial charge in [-0.15, -0.1) is 0 Å². The molecule has 2 N–H and O–H groups in total.